The van der Waals surface area contributed by atoms with E-state index in [4.69, 9.17) is 4.74 Å². The number of aromatic nitrogens is 5. The lowest BCUT2D eigenvalue weighted by Crippen LogP contribution is -2.31. The van der Waals surface area contributed by atoms with Crippen LogP contribution in [0.3, 0.4) is 0 Å². The van der Waals surface area contributed by atoms with Crippen LogP contribution >= 0.6 is 11.5 Å². The quantitative estimate of drug-likeness (QED) is 0.757. The van der Waals surface area contributed by atoms with Crippen LogP contribution in [-0.4, -0.2) is 37.1 Å². The second-order valence-corrected chi connectivity index (χ2v) is 6.91. The molecule has 0 saturated carbocycles. The van der Waals surface area contributed by atoms with Crippen molar-refractivity contribution in [3.05, 3.63) is 35.9 Å². The Morgan fingerprint density at radius 3 is 3.12 bits per heavy atom. The van der Waals surface area contributed by atoms with E-state index in [0.717, 1.165) is 35.8 Å². The van der Waals surface area contributed by atoms with Gasteiger partial charge < -0.3 is 14.6 Å². The molecule has 4 rings (SSSR count). The third-order valence-electron chi connectivity index (χ3n) is 4.49. The summed E-state index contributed by atoms with van der Waals surface area (Å²) in [5, 5.41) is 11.6. The number of carbonyl (C=O) groups is 1. The maximum absolute atomic E-state index is 12.6. The Hall–Kier alpha value is -2.81. The molecule has 0 saturated heterocycles. The van der Waals surface area contributed by atoms with Gasteiger partial charge in [-0.05, 0) is 25.5 Å². The normalized spacial score (nSPS) is 16.2. The van der Waals surface area contributed by atoms with Crippen molar-refractivity contribution in [3.8, 4) is 17.1 Å². The van der Waals surface area contributed by atoms with Crippen LogP contribution in [0, 0.1) is 12.8 Å². The number of benzene rings is 1. The van der Waals surface area contributed by atoms with Crippen LogP contribution in [0.25, 0.3) is 11.4 Å². The van der Waals surface area contributed by atoms with Gasteiger partial charge in [0.2, 0.25) is 11.0 Å². The van der Waals surface area contributed by atoms with E-state index in [0.29, 0.717) is 17.5 Å². The Bertz CT molecular complexity index is 950. The summed E-state index contributed by atoms with van der Waals surface area (Å²) in [5.41, 5.74) is 0.850. The van der Waals surface area contributed by atoms with Crippen LogP contribution < -0.4 is 10.1 Å². The molecule has 1 N–H and O–H groups in total. The first-order chi connectivity index (χ1) is 12.6. The molecule has 0 bridgehead atoms. The van der Waals surface area contributed by atoms with Gasteiger partial charge in [-0.25, -0.2) is 0 Å². The lowest BCUT2D eigenvalue weighted by atomic mass is 9.98. The third kappa shape index (κ3) is 3.17. The van der Waals surface area contributed by atoms with Gasteiger partial charge in [-0.15, -0.1) is 10.2 Å². The van der Waals surface area contributed by atoms with Crippen molar-refractivity contribution in [3.63, 3.8) is 0 Å². The fraction of sp³-hybridized carbons (Fsp3) is 0.353. The van der Waals surface area contributed by atoms with Gasteiger partial charge in [0.15, 0.2) is 5.82 Å². The second-order valence-electron chi connectivity index (χ2n) is 6.15. The van der Waals surface area contributed by atoms with Crippen molar-refractivity contribution in [2.24, 2.45) is 5.92 Å². The summed E-state index contributed by atoms with van der Waals surface area (Å²) in [6, 6.07) is 7.52. The number of aryl methyl sites for hydroxylation is 2. The summed E-state index contributed by atoms with van der Waals surface area (Å²) in [5.74, 6) is 2.94. The molecule has 1 aliphatic heterocycles. The van der Waals surface area contributed by atoms with E-state index in [9.17, 15) is 4.79 Å². The van der Waals surface area contributed by atoms with Crippen LogP contribution in [0.5, 0.6) is 5.75 Å². The van der Waals surface area contributed by atoms with Crippen LogP contribution in [0.4, 0.5) is 5.13 Å². The molecule has 1 aliphatic rings. The zero-order valence-electron chi connectivity index (χ0n) is 14.5. The van der Waals surface area contributed by atoms with Crippen molar-refractivity contribution < 1.29 is 9.53 Å². The Labute approximate surface area is 154 Å². The average molecular weight is 370 g/mol. The SMILES string of the molecule is COc1cccc(-c2nsc(NC(=O)[C@H]3CCc4nnc(C)n4C3)n2)c1. The zero-order valence-corrected chi connectivity index (χ0v) is 15.3. The van der Waals surface area contributed by atoms with Gasteiger partial charge in [-0.3, -0.25) is 4.79 Å². The predicted molar refractivity (Wildman–Crippen MR) is 97.1 cm³/mol. The Morgan fingerprint density at radius 2 is 2.27 bits per heavy atom. The second kappa shape index (κ2) is 6.83. The fourth-order valence-corrected chi connectivity index (χ4v) is 3.63. The minimum absolute atomic E-state index is 0.0444. The number of amides is 1. The molecule has 0 unspecified atom stereocenters. The standard InChI is InChI=1S/C17H18N6O2S/c1-10-20-21-14-7-6-12(9-23(10)14)16(24)19-17-18-15(22-26-17)11-4-3-5-13(8-11)25-2/h3-5,8,12H,6-7,9H2,1-2H3,(H,18,19,22,24)/t12-/m0/s1. The molecule has 26 heavy (non-hydrogen) atoms. The van der Waals surface area contributed by atoms with E-state index in [-0.39, 0.29) is 11.8 Å². The van der Waals surface area contributed by atoms with Gasteiger partial charge in [0.05, 0.1) is 13.0 Å². The van der Waals surface area contributed by atoms with Crippen LogP contribution in [0.2, 0.25) is 0 Å². The smallest absolute Gasteiger partial charge is 0.231 e. The molecule has 0 radical (unpaired) electrons. The number of nitrogens with one attached hydrogen (secondary N) is 1. The summed E-state index contributed by atoms with van der Waals surface area (Å²) in [4.78, 5) is 17.0. The van der Waals surface area contributed by atoms with Crippen LogP contribution in [-0.2, 0) is 17.8 Å². The highest BCUT2D eigenvalue weighted by atomic mass is 32.1. The number of hydrogen-bond donors (Lipinski definition) is 1. The number of rotatable bonds is 4. The number of carbonyl (C=O) groups excluding carboxylic acids is 1. The highest BCUT2D eigenvalue weighted by molar-refractivity contribution is 7.10. The number of methoxy groups -OCH3 is 1. The topological polar surface area (TPSA) is 94.8 Å². The van der Waals surface area contributed by atoms with Gasteiger partial charge in [0.25, 0.3) is 0 Å². The van der Waals surface area contributed by atoms with Gasteiger partial charge >= 0.3 is 0 Å². The molecule has 3 aromatic rings. The van der Waals surface area contributed by atoms with Gasteiger partial charge in [-0.2, -0.15) is 9.36 Å². The fourth-order valence-electron chi connectivity index (χ4n) is 3.04. The van der Waals surface area contributed by atoms with E-state index < -0.39 is 0 Å². The average Bonchev–Trinajstić information content (AvgIpc) is 3.28. The summed E-state index contributed by atoms with van der Waals surface area (Å²) in [6.07, 6.45) is 1.51. The Kier molecular flexibility index (Phi) is 4.37. The summed E-state index contributed by atoms with van der Waals surface area (Å²) in [6.45, 7) is 2.50. The minimum atomic E-state index is -0.124. The lowest BCUT2D eigenvalue weighted by Gasteiger charge is -2.22. The number of ether oxygens (including phenoxy) is 1. The Balaban J connectivity index is 1.46. The lowest BCUT2D eigenvalue weighted by molar-refractivity contribution is -0.120. The molecule has 1 aromatic carbocycles. The summed E-state index contributed by atoms with van der Waals surface area (Å²) in [7, 11) is 1.62. The first kappa shape index (κ1) is 16.6. The van der Waals surface area contributed by atoms with Crippen LogP contribution in [0.15, 0.2) is 24.3 Å². The van der Waals surface area contributed by atoms with Crippen molar-refractivity contribution in [2.45, 2.75) is 26.3 Å². The zero-order chi connectivity index (χ0) is 18.1. The summed E-state index contributed by atoms with van der Waals surface area (Å²) < 4.78 is 11.6. The van der Waals surface area contributed by atoms with E-state index in [1.165, 1.54) is 11.5 Å². The number of fused-ring (bicyclic) bond motifs is 1. The maximum atomic E-state index is 12.6. The van der Waals surface area contributed by atoms with Crippen molar-refractivity contribution in [1.29, 1.82) is 0 Å². The molecule has 134 valence electrons. The predicted octanol–water partition coefficient (Wildman–Crippen LogP) is 2.31. The first-order valence-electron chi connectivity index (χ1n) is 8.31. The molecule has 1 amide bonds. The van der Waals surface area contributed by atoms with E-state index >= 15 is 0 Å². The van der Waals surface area contributed by atoms with Gasteiger partial charge in [-0.1, -0.05) is 12.1 Å². The number of anilines is 1. The molecule has 1 atom stereocenters. The molecule has 0 fully saturated rings. The Morgan fingerprint density at radius 1 is 1.38 bits per heavy atom. The van der Waals surface area contributed by atoms with E-state index in [1.54, 1.807) is 7.11 Å². The number of nitrogens with zero attached hydrogens (tertiary/aromatic N) is 5. The highest BCUT2D eigenvalue weighted by Gasteiger charge is 2.27. The molecule has 9 heteroatoms. The molecular formula is C17H18N6O2S. The van der Waals surface area contributed by atoms with Gasteiger partial charge in [0.1, 0.15) is 17.4 Å². The first-order valence-corrected chi connectivity index (χ1v) is 9.09. The maximum Gasteiger partial charge on any atom is 0.231 e. The molecule has 2 aromatic heterocycles. The molecular weight excluding hydrogens is 352 g/mol. The van der Waals surface area contributed by atoms with Crippen molar-refractivity contribution in [1.82, 2.24) is 24.1 Å². The highest BCUT2D eigenvalue weighted by Crippen LogP contribution is 2.26. The largest absolute Gasteiger partial charge is 0.497 e. The number of hydrogen-bond acceptors (Lipinski definition) is 7. The summed E-state index contributed by atoms with van der Waals surface area (Å²) >= 11 is 1.18. The molecule has 3 heterocycles. The van der Waals surface area contributed by atoms with E-state index in [2.05, 4.69) is 24.9 Å². The van der Waals surface area contributed by atoms with Crippen molar-refractivity contribution in [2.75, 3.05) is 12.4 Å². The van der Waals surface area contributed by atoms with Crippen molar-refractivity contribution >= 4 is 22.6 Å². The molecule has 0 spiro atoms. The van der Waals surface area contributed by atoms with Crippen LogP contribution in [0.1, 0.15) is 18.1 Å². The molecule has 0 aliphatic carbocycles. The minimum Gasteiger partial charge on any atom is -0.497 e. The monoisotopic (exact) mass is 370 g/mol. The van der Waals surface area contributed by atoms with Gasteiger partial charge in [0, 0.05) is 30.1 Å². The third-order valence-corrected chi connectivity index (χ3v) is 5.12. The van der Waals surface area contributed by atoms with E-state index in [1.807, 2.05) is 35.8 Å². The molecule has 8 nitrogen and oxygen atoms in total.